The quantitative estimate of drug-likeness (QED) is 0.930. The molecule has 0 unspecified atom stereocenters. The molecule has 2 N–H and O–H groups in total. The minimum atomic E-state index is 0.396. The van der Waals surface area contributed by atoms with Gasteiger partial charge in [-0.15, -0.1) is 0 Å². The summed E-state index contributed by atoms with van der Waals surface area (Å²) < 4.78 is 0. The molecular weight excluding hydrogens is 270 g/mol. The normalized spacial score (nSPS) is 10.8. The average Bonchev–Trinajstić information content (AvgIpc) is 2.47. The van der Waals surface area contributed by atoms with Crippen molar-refractivity contribution in [2.24, 2.45) is 11.7 Å². The zero-order valence-electron chi connectivity index (χ0n) is 13.8. The molecule has 0 spiro atoms. The predicted molar refractivity (Wildman–Crippen MR) is 90.3 cm³/mol. The largest absolute Gasteiger partial charge is 0.326 e. The van der Waals surface area contributed by atoms with Crippen LogP contribution in [0, 0.1) is 31.1 Å². The van der Waals surface area contributed by atoms with E-state index in [0.29, 0.717) is 18.0 Å². The Morgan fingerprint density at radius 2 is 1.82 bits per heavy atom. The SMILES string of the molecule is Cc1ccc(-c2c(C#N)c(C)nc(CC(C)C)c2CN)cc1. The van der Waals surface area contributed by atoms with E-state index >= 15 is 0 Å². The lowest BCUT2D eigenvalue weighted by atomic mass is 9.90. The number of pyridine rings is 1. The zero-order valence-corrected chi connectivity index (χ0v) is 13.8. The monoisotopic (exact) mass is 293 g/mol. The summed E-state index contributed by atoms with van der Waals surface area (Å²) in [7, 11) is 0. The van der Waals surface area contributed by atoms with E-state index in [1.165, 1.54) is 5.56 Å². The first-order valence-electron chi connectivity index (χ1n) is 7.67. The fourth-order valence-corrected chi connectivity index (χ4v) is 2.75. The maximum absolute atomic E-state index is 9.58. The number of hydrogen-bond donors (Lipinski definition) is 1. The van der Waals surface area contributed by atoms with Crippen LogP contribution in [0.15, 0.2) is 24.3 Å². The number of nitrogens with zero attached hydrogens (tertiary/aromatic N) is 2. The number of hydrogen-bond acceptors (Lipinski definition) is 3. The van der Waals surface area contributed by atoms with Crippen LogP contribution in [0.5, 0.6) is 0 Å². The minimum absolute atomic E-state index is 0.396. The van der Waals surface area contributed by atoms with Gasteiger partial charge in [-0.25, -0.2) is 0 Å². The highest BCUT2D eigenvalue weighted by molar-refractivity contribution is 5.75. The van der Waals surface area contributed by atoms with Gasteiger partial charge in [-0.2, -0.15) is 5.26 Å². The number of nitriles is 1. The van der Waals surface area contributed by atoms with Crippen LogP contribution >= 0.6 is 0 Å². The Kier molecular flexibility index (Phi) is 4.95. The van der Waals surface area contributed by atoms with Gasteiger partial charge in [0.15, 0.2) is 0 Å². The van der Waals surface area contributed by atoms with Crippen molar-refractivity contribution in [1.29, 1.82) is 5.26 Å². The predicted octanol–water partition coefficient (Wildman–Crippen LogP) is 3.89. The third-order valence-electron chi connectivity index (χ3n) is 3.82. The van der Waals surface area contributed by atoms with E-state index < -0.39 is 0 Å². The maximum Gasteiger partial charge on any atom is 0.102 e. The Morgan fingerprint density at radius 1 is 1.18 bits per heavy atom. The van der Waals surface area contributed by atoms with Crippen LogP contribution in [0.4, 0.5) is 0 Å². The van der Waals surface area contributed by atoms with Crippen LogP contribution in [0.3, 0.4) is 0 Å². The molecular formula is C19H23N3. The van der Waals surface area contributed by atoms with Gasteiger partial charge in [0.05, 0.1) is 11.3 Å². The lowest BCUT2D eigenvalue weighted by molar-refractivity contribution is 0.628. The summed E-state index contributed by atoms with van der Waals surface area (Å²) in [6, 6.07) is 10.6. The van der Waals surface area contributed by atoms with Crippen molar-refractivity contribution in [2.75, 3.05) is 0 Å². The van der Waals surface area contributed by atoms with Gasteiger partial charge in [-0.1, -0.05) is 43.7 Å². The Hall–Kier alpha value is -2.18. The Balaban J connectivity index is 2.75. The number of benzene rings is 1. The Morgan fingerprint density at radius 3 is 2.32 bits per heavy atom. The molecule has 1 aromatic carbocycles. The zero-order chi connectivity index (χ0) is 16.3. The molecule has 0 aliphatic rings. The fraction of sp³-hybridized carbons (Fsp3) is 0.368. The summed E-state index contributed by atoms with van der Waals surface area (Å²) in [5.74, 6) is 0.496. The van der Waals surface area contributed by atoms with E-state index in [9.17, 15) is 5.26 Å². The number of aryl methyl sites for hydroxylation is 2. The summed E-state index contributed by atoms with van der Waals surface area (Å²) in [5, 5.41) is 9.58. The highest BCUT2D eigenvalue weighted by Gasteiger charge is 2.18. The van der Waals surface area contributed by atoms with Crippen LogP contribution in [0.2, 0.25) is 0 Å². The second kappa shape index (κ2) is 6.72. The maximum atomic E-state index is 9.58. The summed E-state index contributed by atoms with van der Waals surface area (Å²) >= 11 is 0. The number of rotatable bonds is 4. The van der Waals surface area contributed by atoms with Crippen LogP contribution in [0.1, 0.15) is 41.9 Å². The van der Waals surface area contributed by atoms with Gasteiger partial charge >= 0.3 is 0 Å². The van der Waals surface area contributed by atoms with Gasteiger partial charge in [0.1, 0.15) is 6.07 Å². The third kappa shape index (κ3) is 3.18. The molecule has 1 aromatic heterocycles. The highest BCUT2D eigenvalue weighted by atomic mass is 14.7. The smallest absolute Gasteiger partial charge is 0.102 e. The molecule has 0 bridgehead atoms. The van der Waals surface area contributed by atoms with E-state index in [0.717, 1.165) is 34.5 Å². The summed E-state index contributed by atoms with van der Waals surface area (Å²) in [6.07, 6.45) is 0.873. The molecule has 0 aliphatic heterocycles. The minimum Gasteiger partial charge on any atom is -0.326 e. The molecule has 0 saturated carbocycles. The van der Waals surface area contributed by atoms with Crippen molar-refractivity contribution in [3.8, 4) is 17.2 Å². The molecule has 2 rings (SSSR count). The topological polar surface area (TPSA) is 62.7 Å². The van der Waals surface area contributed by atoms with E-state index in [2.05, 4.69) is 56.1 Å². The van der Waals surface area contributed by atoms with E-state index in [-0.39, 0.29) is 0 Å². The standard InChI is InChI=1S/C19H23N3/c1-12(2)9-18-17(11-21)19(16(10-20)14(4)22-18)15-7-5-13(3)6-8-15/h5-8,12H,9,11,21H2,1-4H3. The van der Waals surface area contributed by atoms with Gasteiger partial charge in [-0.3, -0.25) is 4.98 Å². The van der Waals surface area contributed by atoms with E-state index in [4.69, 9.17) is 5.73 Å². The van der Waals surface area contributed by atoms with Crippen molar-refractivity contribution in [3.63, 3.8) is 0 Å². The van der Waals surface area contributed by atoms with Gasteiger partial charge < -0.3 is 5.73 Å². The molecule has 1 heterocycles. The molecule has 0 aliphatic carbocycles. The third-order valence-corrected chi connectivity index (χ3v) is 3.82. The molecule has 3 nitrogen and oxygen atoms in total. The fourth-order valence-electron chi connectivity index (χ4n) is 2.75. The van der Waals surface area contributed by atoms with Gasteiger partial charge in [0.25, 0.3) is 0 Å². The van der Waals surface area contributed by atoms with Crippen molar-refractivity contribution < 1.29 is 0 Å². The van der Waals surface area contributed by atoms with Gasteiger partial charge in [0.2, 0.25) is 0 Å². The van der Waals surface area contributed by atoms with Crippen molar-refractivity contribution >= 4 is 0 Å². The van der Waals surface area contributed by atoms with Crippen LogP contribution in [-0.4, -0.2) is 4.98 Å². The van der Waals surface area contributed by atoms with Crippen LogP contribution in [-0.2, 0) is 13.0 Å². The molecule has 0 saturated heterocycles. The second-order valence-electron chi connectivity index (χ2n) is 6.15. The first-order chi connectivity index (χ1) is 10.5. The van der Waals surface area contributed by atoms with Crippen LogP contribution in [0.25, 0.3) is 11.1 Å². The molecule has 2 aromatic rings. The summed E-state index contributed by atoms with van der Waals surface area (Å²) in [6.45, 7) is 8.69. The Bertz CT molecular complexity index is 707. The average molecular weight is 293 g/mol. The number of nitrogens with two attached hydrogens (primary N) is 1. The van der Waals surface area contributed by atoms with Crippen molar-refractivity contribution in [3.05, 3.63) is 52.3 Å². The molecule has 0 radical (unpaired) electrons. The summed E-state index contributed by atoms with van der Waals surface area (Å²) in [5.41, 5.74) is 12.6. The van der Waals surface area contributed by atoms with Gasteiger partial charge in [0, 0.05) is 17.8 Å². The second-order valence-corrected chi connectivity index (χ2v) is 6.15. The molecule has 3 heteroatoms. The van der Waals surface area contributed by atoms with E-state index in [1.54, 1.807) is 0 Å². The summed E-state index contributed by atoms with van der Waals surface area (Å²) in [4.78, 5) is 4.66. The molecule has 22 heavy (non-hydrogen) atoms. The molecule has 114 valence electrons. The Labute approximate surface area is 132 Å². The van der Waals surface area contributed by atoms with Crippen molar-refractivity contribution in [1.82, 2.24) is 4.98 Å². The van der Waals surface area contributed by atoms with E-state index in [1.807, 2.05) is 6.92 Å². The molecule has 0 amide bonds. The van der Waals surface area contributed by atoms with Crippen LogP contribution < -0.4 is 5.73 Å². The molecule has 0 atom stereocenters. The highest BCUT2D eigenvalue weighted by Crippen LogP contribution is 2.31. The van der Waals surface area contributed by atoms with Crippen molar-refractivity contribution in [2.45, 2.75) is 40.7 Å². The lowest BCUT2D eigenvalue weighted by Gasteiger charge is -2.18. The first kappa shape index (κ1) is 16.2. The lowest BCUT2D eigenvalue weighted by Crippen LogP contribution is -2.12. The number of aromatic nitrogens is 1. The molecule has 0 fully saturated rings. The first-order valence-corrected chi connectivity index (χ1v) is 7.67. The van der Waals surface area contributed by atoms with Gasteiger partial charge in [-0.05, 0) is 37.3 Å².